The molecule has 0 saturated carbocycles. The van der Waals surface area contributed by atoms with Gasteiger partial charge in [-0.3, -0.25) is 14.4 Å². The summed E-state index contributed by atoms with van der Waals surface area (Å²) in [5, 5.41) is 0. The quantitative estimate of drug-likeness (QED) is 0.128. The van der Waals surface area contributed by atoms with Crippen LogP contribution in [0.4, 0.5) is 0 Å². The Kier molecular flexibility index (Phi) is 14.8. The van der Waals surface area contributed by atoms with Crippen LogP contribution in [0, 0.1) is 49.9 Å². The van der Waals surface area contributed by atoms with Crippen molar-refractivity contribution in [2.75, 3.05) is 13.1 Å². The Hall–Kier alpha value is -3.08. The van der Waals surface area contributed by atoms with Crippen LogP contribution in [-0.4, -0.2) is 41.2 Å². The summed E-state index contributed by atoms with van der Waals surface area (Å²) in [6.07, 6.45) is 12.2. The third-order valence-electron chi connectivity index (χ3n) is 11.4. The number of carbonyl (C=O) groups excluding carboxylic acids is 3. The largest absolute Gasteiger partial charge is 0.359 e. The van der Waals surface area contributed by atoms with Crippen molar-refractivity contribution in [3.63, 3.8) is 0 Å². The smallest absolute Gasteiger partial charge is 0.174 e. The molecular weight excluding hydrogens is 617 g/mol. The van der Waals surface area contributed by atoms with E-state index in [0.717, 1.165) is 48.6 Å². The average molecular weight is 685 g/mol. The van der Waals surface area contributed by atoms with E-state index in [0.29, 0.717) is 35.0 Å². The Morgan fingerprint density at radius 3 is 1.84 bits per heavy atom. The number of ketones is 3. The average Bonchev–Trinajstić information content (AvgIpc) is 3.46. The molecule has 50 heavy (non-hydrogen) atoms. The van der Waals surface area contributed by atoms with E-state index < -0.39 is 17.3 Å². The topological polar surface area (TPSA) is 66.8 Å². The predicted molar refractivity (Wildman–Crippen MR) is 211 cm³/mol. The van der Waals surface area contributed by atoms with Crippen molar-refractivity contribution >= 4 is 28.9 Å². The fraction of sp³-hybridized carbons (Fsp3) is 0.644. The van der Waals surface area contributed by atoms with Gasteiger partial charge in [-0.25, -0.2) is 4.99 Å². The second kappa shape index (κ2) is 17.9. The normalized spacial score (nSPS) is 19.7. The predicted octanol–water partition coefficient (Wildman–Crippen LogP) is 11.1. The Bertz CT molecular complexity index is 1500. The van der Waals surface area contributed by atoms with Crippen molar-refractivity contribution in [1.82, 2.24) is 4.90 Å². The van der Waals surface area contributed by atoms with Gasteiger partial charge in [-0.05, 0) is 93.2 Å². The summed E-state index contributed by atoms with van der Waals surface area (Å²) < 4.78 is 0. The molecule has 4 atom stereocenters. The minimum Gasteiger partial charge on any atom is -0.359 e. The summed E-state index contributed by atoms with van der Waals surface area (Å²) >= 11 is 0. The molecule has 0 N–H and O–H groups in total. The summed E-state index contributed by atoms with van der Waals surface area (Å²) in [6, 6.07) is 4.44. The molecule has 0 amide bonds. The molecule has 0 fully saturated rings. The van der Waals surface area contributed by atoms with Crippen LogP contribution in [0.5, 0.6) is 0 Å². The molecule has 5 heteroatoms. The highest BCUT2D eigenvalue weighted by molar-refractivity contribution is 6.23. The molecular formula is C45H68N2O3. The first-order chi connectivity index (χ1) is 23.5. The molecule has 5 nitrogen and oxygen atoms in total. The third-order valence-corrected chi connectivity index (χ3v) is 11.4. The molecule has 2 aliphatic rings. The number of allylic oxidation sites excluding steroid dienone is 4. The molecule has 0 radical (unpaired) electrons. The SMILES string of the molecule is CCCCC(CC)CN(CC(CC)CCCC)C1=NC(c2c(C)cc(C)cc2C)=C(/C=C2\C(=O)C(C(C)C(=O)C(C)(C)C)C(=O)C(C)=C2C)C1. The van der Waals surface area contributed by atoms with E-state index in [1.807, 2.05) is 40.7 Å². The standard InChI is InChI=1S/C45H68N2O3/c1-14-18-20-34(16-3)26-47(27-35(17-4)21-19-15-2)38-25-36(41(46-38)39-29(6)22-28(5)23-30(39)7)24-37-31(8)32(9)42(48)40(43(37)49)33(10)44(50)45(11,12)13/h22-24,33-35,40H,14-21,25-27H2,1-13H3/b37-24-. The van der Waals surface area contributed by atoms with Crippen molar-refractivity contribution in [3.8, 4) is 0 Å². The number of aryl methyl sites for hydroxylation is 3. The maximum absolute atomic E-state index is 14.4. The van der Waals surface area contributed by atoms with Crippen LogP contribution in [0.3, 0.4) is 0 Å². The first kappa shape index (κ1) is 41.3. The molecule has 1 heterocycles. The lowest BCUT2D eigenvalue weighted by Crippen LogP contribution is -2.42. The lowest BCUT2D eigenvalue weighted by molar-refractivity contribution is -0.140. The maximum Gasteiger partial charge on any atom is 0.174 e. The van der Waals surface area contributed by atoms with Gasteiger partial charge in [-0.2, -0.15) is 0 Å². The van der Waals surface area contributed by atoms with Crippen LogP contribution < -0.4 is 0 Å². The fourth-order valence-electron chi connectivity index (χ4n) is 8.04. The van der Waals surface area contributed by atoms with Gasteiger partial charge in [0.25, 0.3) is 0 Å². The minimum atomic E-state index is -1.00. The molecule has 0 saturated heterocycles. The molecule has 1 aliphatic carbocycles. The molecule has 3 rings (SSSR count). The molecule has 0 spiro atoms. The van der Waals surface area contributed by atoms with Crippen LogP contribution in [0.2, 0.25) is 0 Å². The number of Topliss-reactive ketones (excluding diaryl/α,β-unsaturated/α-hetero) is 3. The fourth-order valence-corrected chi connectivity index (χ4v) is 8.04. The number of nitrogens with zero attached hydrogens (tertiary/aromatic N) is 2. The summed E-state index contributed by atoms with van der Waals surface area (Å²) in [5.74, 6) is 0.0357. The van der Waals surface area contributed by atoms with Crippen LogP contribution in [0.15, 0.2) is 45.5 Å². The van der Waals surface area contributed by atoms with E-state index in [9.17, 15) is 14.4 Å². The van der Waals surface area contributed by atoms with E-state index in [-0.39, 0.29) is 17.3 Å². The van der Waals surface area contributed by atoms with Gasteiger partial charge < -0.3 is 4.90 Å². The molecule has 4 unspecified atom stereocenters. The van der Waals surface area contributed by atoms with Gasteiger partial charge >= 0.3 is 0 Å². The number of hydrogen-bond acceptors (Lipinski definition) is 5. The molecule has 0 bridgehead atoms. The second-order valence-electron chi connectivity index (χ2n) is 16.5. The molecule has 1 aromatic carbocycles. The molecule has 0 aromatic heterocycles. The third kappa shape index (κ3) is 9.62. The Labute approximate surface area is 305 Å². The first-order valence-corrected chi connectivity index (χ1v) is 19.7. The number of unbranched alkanes of at least 4 members (excludes halogenated alkanes) is 2. The highest BCUT2D eigenvalue weighted by atomic mass is 16.2. The van der Waals surface area contributed by atoms with Gasteiger partial charge in [-0.15, -0.1) is 0 Å². The number of amidine groups is 1. The summed E-state index contributed by atoms with van der Waals surface area (Å²) in [7, 11) is 0. The Balaban J connectivity index is 2.22. The lowest BCUT2D eigenvalue weighted by Gasteiger charge is -2.32. The van der Waals surface area contributed by atoms with Gasteiger partial charge in [-0.1, -0.05) is 112 Å². The maximum atomic E-state index is 14.4. The van der Waals surface area contributed by atoms with Crippen LogP contribution in [0.25, 0.3) is 5.70 Å². The number of carbonyl (C=O) groups is 3. The van der Waals surface area contributed by atoms with Crippen molar-refractivity contribution in [2.24, 2.45) is 34.1 Å². The highest BCUT2D eigenvalue weighted by Crippen LogP contribution is 2.40. The van der Waals surface area contributed by atoms with E-state index in [4.69, 9.17) is 4.99 Å². The number of rotatable bonds is 16. The molecule has 1 aromatic rings. The van der Waals surface area contributed by atoms with Gasteiger partial charge in [0, 0.05) is 42.0 Å². The molecule has 276 valence electrons. The van der Waals surface area contributed by atoms with Crippen molar-refractivity contribution < 1.29 is 14.4 Å². The summed E-state index contributed by atoms with van der Waals surface area (Å²) in [4.78, 5) is 49.6. The Morgan fingerprint density at radius 1 is 0.860 bits per heavy atom. The van der Waals surface area contributed by atoms with E-state index in [1.165, 1.54) is 55.2 Å². The van der Waals surface area contributed by atoms with E-state index in [1.54, 1.807) is 6.92 Å². The summed E-state index contributed by atoms with van der Waals surface area (Å²) in [6.45, 7) is 28.6. The monoisotopic (exact) mass is 685 g/mol. The number of hydrogen-bond donors (Lipinski definition) is 0. The second-order valence-corrected chi connectivity index (χ2v) is 16.5. The number of aliphatic imine (C=N–C) groups is 1. The Morgan fingerprint density at radius 2 is 1.38 bits per heavy atom. The zero-order valence-electron chi connectivity index (χ0n) is 33.9. The van der Waals surface area contributed by atoms with Crippen LogP contribution in [-0.2, 0) is 14.4 Å². The van der Waals surface area contributed by atoms with E-state index in [2.05, 4.69) is 65.5 Å². The summed E-state index contributed by atoms with van der Waals surface area (Å²) in [5.41, 5.74) is 7.80. The van der Waals surface area contributed by atoms with Gasteiger partial charge in [0.05, 0.1) is 11.6 Å². The minimum absolute atomic E-state index is 0.0639. The highest BCUT2D eigenvalue weighted by Gasteiger charge is 2.44. The van der Waals surface area contributed by atoms with Crippen molar-refractivity contribution in [2.45, 2.75) is 148 Å². The van der Waals surface area contributed by atoms with Crippen LogP contribution >= 0.6 is 0 Å². The van der Waals surface area contributed by atoms with Gasteiger partial charge in [0.1, 0.15) is 11.6 Å². The number of benzene rings is 1. The van der Waals surface area contributed by atoms with Crippen molar-refractivity contribution in [3.05, 3.63) is 62.8 Å². The molecule has 1 aliphatic heterocycles. The first-order valence-electron chi connectivity index (χ1n) is 19.7. The lowest BCUT2D eigenvalue weighted by atomic mass is 9.69. The van der Waals surface area contributed by atoms with E-state index >= 15 is 0 Å². The zero-order chi connectivity index (χ0) is 37.5. The van der Waals surface area contributed by atoms with Gasteiger partial charge in [0.2, 0.25) is 0 Å². The van der Waals surface area contributed by atoms with Gasteiger partial charge in [0.15, 0.2) is 11.6 Å². The van der Waals surface area contributed by atoms with Crippen molar-refractivity contribution in [1.29, 1.82) is 0 Å². The zero-order valence-corrected chi connectivity index (χ0v) is 33.9. The van der Waals surface area contributed by atoms with Crippen LogP contribution in [0.1, 0.15) is 149 Å².